The summed E-state index contributed by atoms with van der Waals surface area (Å²) < 4.78 is 15.5. The summed E-state index contributed by atoms with van der Waals surface area (Å²) in [5.41, 5.74) is -0.0692. The van der Waals surface area contributed by atoms with E-state index in [2.05, 4.69) is 6.58 Å². The molecule has 0 aliphatic carbocycles. The summed E-state index contributed by atoms with van der Waals surface area (Å²) in [4.78, 5) is 11.8. The maximum Gasteiger partial charge on any atom is 0.333 e. The Labute approximate surface area is 160 Å². The van der Waals surface area contributed by atoms with Gasteiger partial charge >= 0.3 is 5.97 Å². The van der Waals surface area contributed by atoms with Crippen LogP contribution in [0.4, 0.5) is 0 Å². The van der Waals surface area contributed by atoms with Crippen LogP contribution in [-0.2, 0) is 19.0 Å². The van der Waals surface area contributed by atoms with E-state index in [1.165, 1.54) is 6.92 Å². The van der Waals surface area contributed by atoms with Gasteiger partial charge < -0.3 is 55.1 Å². The van der Waals surface area contributed by atoms with E-state index < -0.39 is 80.9 Å². The molecular formula is C16H28O12. The summed E-state index contributed by atoms with van der Waals surface area (Å²) in [6, 6.07) is 0. The summed E-state index contributed by atoms with van der Waals surface area (Å²) in [6.07, 6.45) is -15.4. The van der Waals surface area contributed by atoms with E-state index in [0.29, 0.717) is 0 Å². The van der Waals surface area contributed by atoms with Crippen LogP contribution in [0.25, 0.3) is 0 Å². The molecule has 1 aliphatic rings. The smallest absolute Gasteiger partial charge is 0.333 e. The van der Waals surface area contributed by atoms with Crippen molar-refractivity contribution in [3.63, 3.8) is 0 Å². The van der Waals surface area contributed by atoms with Crippen molar-refractivity contribution in [2.24, 2.45) is 0 Å². The van der Waals surface area contributed by atoms with E-state index in [-0.39, 0.29) is 5.57 Å². The molecule has 12 nitrogen and oxygen atoms in total. The zero-order chi connectivity index (χ0) is 21.6. The molecule has 1 saturated heterocycles. The lowest BCUT2D eigenvalue weighted by atomic mass is 9.98. The Morgan fingerprint density at radius 3 is 2.00 bits per heavy atom. The lowest BCUT2D eigenvalue weighted by Crippen LogP contribution is -2.62. The maximum absolute atomic E-state index is 11.8. The van der Waals surface area contributed by atoms with Crippen molar-refractivity contribution in [1.29, 1.82) is 0 Å². The van der Waals surface area contributed by atoms with Gasteiger partial charge in [-0.05, 0) is 6.92 Å². The highest BCUT2D eigenvalue weighted by Crippen LogP contribution is 2.26. The molecule has 0 aromatic carbocycles. The molecule has 164 valence electrons. The van der Waals surface area contributed by atoms with Crippen LogP contribution in [0.2, 0.25) is 0 Å². The third-order valence-electron chi connectivity index (χ3n) is 4.19. The van der Waals surface area contributed by atoms with E-state index in [0.717, 1.165) is 0 Å². The average molecular weight is 412 g/mol. The van der Waals surface area contributed by atoms with E-state index >= 15 is 0 Å². The lowest BCUT2D eigenvalue weighted by molar-refractivity contribution is -0.327. The van der Waals surface area contributed by atoms with Crippen LogP contribution in [0.1, 0.15) is 6.92 Å². The van der Waals surface area contributed by atoms with Crippen molar-refractivity contribution in [3.05, 3.63) is 12.2 Å². The first-order valence-electron chi connectivity index (χ1n) is 8.49. The highest BCUT2D eigenvalue weighted by atomic mass is 16.7. The molecule has 1 heterocycles. The normalized spacial score (nSPS) is 32.2. The molecule has 9 atom stereocenters. The summed E-state index contributed by atoms with van der Waals surface area (Å²) in [5, 5.41) is 77.4. The topological polar surface area (TPSA) is 207 Å². The summed E-state index contributed by atoms with van der Waals surface area (Å²) in [7, 11) is 0. The summed E-state index contributed by atoms with van der Waals surface area (Å²) >= 11 is 0. The number of aliphatic hydroxyl groups is 8. The molecule has 0 aromatic rings. The Balaban J connectivity index is 3.13. The van der Waals surface area contributed by atoms with Crippen LogP contribution < -0.4 is 0 Å². The SMILES string of the molecule is C=C(C)C(=O)O[C@@H]([C@H](O[C@H]1O[C@H](CO)[C@@H](O)[C@H](O)[C@H]1O)[C@H](O)CO)[C@@H](O)CO. The van der Waals surface area contributed by atoms with Gasteiger partial charge in [0.15, 0.2) is 12.4 Å². The van der Waals surface area contributed by atoms with Gasteiger partial charge in [0, 0.05) is 5.57 Å². The number of carbonyl (C=O) groups excluding carboxylic acids is 1. The van der Waals surface area contributed by atoms with Gasteiger partial charge in [0.1, 0.15) is 42.7 Å². The minimum atomic E-state index is -1.85. The van der Waals surface area contributed by atoms with Gasteiger partial charge in [0.25, 0.3) is 0 Å². The standard InChI is InChI=1S/C16H28O12/c1-6(2)15(25)27-13(7(20)3-17)14(8(21)4-18)28-16-12(24)11(23)10(22)9(5-19)26-16/h7-14,16-24H,1,3-5H2,2H3/t7-,8+,9+,10+,11-,12+,13+,14+,16+/m0/s1. The van der Waals surface area contributed by atoms with Gasteiger partial charge in [-0.25, -0.2) is 4.79 Å². The van der Waals surface area contributed by atoms with Crippen molar-refractivity contribution >= 4 is 5.97 Å². The minimum absolute atomic E-state index is 0.0692. The van der Waals surface area contributed by atoms with Crippen molar-refractivity contribution in [2.45, 2.75) is 62.0 Å². The van der Waals surface area contributed by atoms with Crippen molar-refractivity contribution in [3.8, 4) is 0 Å². The Morgan fingerprint density at radius 2 is 1.54 bits per heavy atom. The molecule has 0 amide bonds. The second-order valence-electron chi connectivity index (χ2n) is 6.45. The number of aliphatic hydroxyl groups excluding tert-OH is 8. The molecule has 1 rings (SSSR count). The fraction of sp³-hybridized carbons (Fsp3) is 0.812. The summed E-state index contributed by atoms with van der Waals surface area (Å²) in [5.74, 6) is -0.995. The largest absolute Gasteiger partial charge is 0.453 e. The third kappa shape index (κ3) is 5.90. The van der Waals surface area contributed by atoms with Gasteiger partial charge in [-0.1, -0.05) is 6.58 Å². The second kappa shape index (κ2) is 11.1. The first-order valence-corrected chi connectivity index (χ1v) is 8.49. The van der Waals surface area contributed by atoms with Gasteiger partial charge in [0.2, 0.25) is 0 Å². The highest BCUT2D eigenvalue weighted by molar-refractivity contribution is 5.87. The van der Waals surface area contributed by atoms with E-state index in [1.807, 2.05) is 0 Å². The fourth-order valence-electron chi connectivity index (χ4n) is 2.52. The third-order valence-corrected chi connectivity index (χ3v) is 4.19. The van der Waals surface area contributed by atoms with Crippen LogP contribution in [0.5, 0.6) is 0 Å². The molecule has 0 unspecified atom stereocenters. The molecule has 28 heavy (non-hydrogen) atoms. The fourth-order valence-corrected chi connectivity index (χ4v) is 2.52. The molecule has 0 radical (unpaired) electrons. The Morgan fingerprint density at radius 1 is 1.00 bits per heavy atom. The molecule has 1 aliphatic heterocycles. The first kappa shape index (κ1) is 24.8. The number of hydrogen-bond acceptors (Lipinski definition) is 12. The molecule has 0 spiro atoms. The number of hydrogen-bond donors (Lipinski definition) is 8. The quantitative estimate of drug-likeness (QED) is 0.126. The zero-order valence-electron chi connectivity index (χ0n) is 15.2. The van der Waals surface area contributed by atoms with Crippen LogP contribution >= 0.6 is 0 Å². The molecule has 0 aromatic heterocycles. The van der Waals surface area contributed by atoms with Crippen molar-refractivity contribution in [1.82, 2.24) is 0 Å². The Hall–Kier alpha value is -1.19. The van der Waals surface area contributed by atoms with Gasteiger partial charge in [-0.2, -0.15) is 0 Å². The molecule has 0 saturated carbocycles. The molecule has 8 N–H and O–H groups in total. The number of carbonyl (C=O) groups is 1. The molecular weight excluding hydrogens is 384 g/mol. The summed E-state index contributed by atoms with van der Waals surface area (Å²) in [6.45, 7) is 2.08. The molecule has 12 heteroatoms. The first-order chi connectivity index (χ1) is 13.1. The number of esters is 1. The van der Waals surface area contributed by atoms with E-state index in [1.54, 1.807) is 0 Å². The van der Waals surface area contributed by atoms with Crippen LogP contribution in [0, 0.1) is 0 Å². The van der Waals surface area contributed by atoms with E-state index in [9.17, 15) is 45.6 Å². The zero-order valence-corrected chi connectivity index (χ0v) is 15.2. The van der Waals surface area contributed by atoms with Crippen LogP contribution in [0.3, 0.4) is 0 Å². The number of ether oxygens (including phenoxy) is 3. The predicted molar refractivity (Wildman–Crippen MR) is 89.5 cm³/mol. The van der Waals surface area contributed by atoms with Gasteiger partial charge in [0.05, 0.1) is 19.8 Å². The maximum atomic E-state index is 11.8. The van der Waals surface area contributed by atoms with Crippen LogP contribution in [0.15, 0.2) is 12.2 Å². The Bertz CT molecular complexity index is 512. The second-order valence-corrected chi connectivity index (χ2v) is 6.45. The molecule has 1 fully saturated rings. The average Bonchev–Trinajstić information content (AvgIpc) is 2.68. The van der Waals surface area contributed by atoms with Crippen LogP contribution in [-0.4, -0.2) is 122 Å². The van der Waals surface area contributed by atoms with E-state index in [4.69, 9.17) is 14.2 Å². The van der Waals surface area contributed by atoms with Crippen molar-refractivity contribution in [2.75, 3.05) is 19.8 Å². The Kier molecular flexibility index (Phi) is 9.86. The number of rotatable bonds is 10. The monoisotopic (exact) mass is 412 g/mol. The van der Waals surface area contributed by atoms with Gasteiger partial charge in [-0.15, -0.1) is 0 Å². The van der Waals surface area contributed by atoms with Gasteiger partial charge in [-0.3, -0.25) is 0 Å². The van der Waals surface area contributed by atoms with Crippen molar-refractivity contribution < 1.29 is 59.9 Å². The minimum Gasteiger partial charge on any atom is -0.453 e. The highest BCUT2D eigenvalue weighted by Gasteiger charge is 2.47. The lowest BCUT2D eigenvalue weighted by Gasteiger charge is -2.42. The molecule has 0 bridgehead atoms. The predicted octanol–water partition coefficient (Wildman–Crippen LogP) is -4.63.